The lowest BCUT2D eigenvalue weighted by molar-refractivity contribution is 0.0601. The van der Waals surface area contributed by atoms with E-state index >= 15 is 0 Å². The second kappa shape index (κ2) is 4.04. The Hall–Kier alpha value is -1.65. The van der Waals surface area contributed by atoms with Crippen molar-refractivity contribution in [3.63, 3.8) is 0 Å². The number of hydrogen-bond donors (Lipinski definition) is 1. The summed E-state index contributed by atoms with van der Waals surface area (Å²) < 4.78 is 28.8. The van der Waals surface area contributed by atoms with Crippen LogP contribution in [0.1, 0.15) is 22.3 Å². The summed E-state index contributed by atoms with van der Waals surface area (Å²) in [5.41, 5.74) is 5.28. The highest BCUT2D eigenvalue weighted by Gasteiger charge is 2.13. The second-order valence-corrected chi connectivity index (χ2v) is 2.64. The van der Waals surface area contributed by atoms with Gasteiger partial charge < -0.3 is 10.5 Å². The molecular weight excluding hydrogens is 192 g/mol. The molecule has 1 aromatic rings. The molecule has 0 spiro atoms. The third-order valence-corrected chi connectivity index (χ3v) is 1.73. The SMILES string of the molecule is COC(=O)c1ccc(C(F)F)cc1N. The molecule has 0 fully saturated rings. The molecule has 1 aromatic carbocycles. The first-order valence-electron chi connectivity index (χ1n) is 3.82. The van der Waals surface area contributed by atoms with Gasteiger partial charge in [-0.1, -0.05) is 6.07 Å². The van der Waals surface area contributed by atoms with E-state index in [1.54, 1.807) is 0 Å². The van der Waals surface area contributed by atoms with E-state index in [0.29, 0.717) is 0 Å². The van der Waals surface area contributed by atoms with Gasteiger partial charge in [-0.3, -0.25) is 0 Å². The number of ether oxygens (including phenoxy) is 1. The van der Waals surface area contributed by atoms with Gasteiger partial charge in [-0.15, -0.1) is 0 Å². The van der Waals surface area contributed by atoms with E-state index < -0.39 is 12.4 Å². The zero-order valence-electron chi connectivity index (χ0n) is 7.46. The number of nitrogen functional groups attached to an aromatic ring is 1. The van der Waals surface area contributed by atoms with Crippen LogP contribution in [0, 0.1) is 0 Å². The van der Waals surface area contributed by atoms with Gasteiger partial charge in [-0.25, -0.2) is 13.6 Å². The molecule has 1 rings (SSSR count). The first-order chi connectivity index (χ1) is 6.56. The Bertz CT molecular complexity index is 353. The number of nitrogens with two attached hydrogens (primary N) is 1. The minimum absolute atomic E-state index is 0.00495. The first kappa shape index (κ1) is 10.4. The van der Waals surface area contributed by atoms with Crippen LogP contribution in [-0.2, 0) is 4.74 Å². The van der Waals surface area contributed by atoms with Crippen LogP contribution < -0.4 is 5.73 Å². The van der Waals surface area contributed by atoms with Crippen LogP contribution in [0.25, 0.3) is 0 Å². The summed E-state index contributed by atoms with van der Waals surface area (Å²) in [6.07, 6.45) is -2.59. The molecule has 0 aliphatic rings. The number of anilines is 1. The molecule has 0 unspecified atom stereocenters. The van der Waals surface area contributed by atoms with Crippen LogP contribution >= 0.6 is 0 Å². The zero-order chi connectivity index (χ0) is 10.7. The summed E-state index contributed by atoms with van der Waals surface area (Å²) in [7, 11) is 1.20. The van der Waals surface area contributed by atoms with Gasteiger partial charge in [0.25, 0.3) is 6.43 Å². The molecule has 14 heavy (non-hydrogen) atoms. The fourth-order valence-electron chi connectivity index (χ4n) is 1.01. The zero-order valence-corrected chi connectivity index (χ0v) is 7.46. The van der Waals surface area contributed by atoms with Crippen molar-refractivity contribution < 1.29 is 18.3 Å². The molecule has 0 amide bonds. The molecule has 2 N–H and O–H groups in total. The Morgan fingerprint density at radius 2 is 2.14 bits per heavy atom. The molecule has 0 aliphatic heterocycles. The van der Waals surface area contributed by atoms with E-state index in [2.05, 4.69) is 4.74 Å². The maximum Gasteiger partial charge on any atom is 0.339 e. The monoisotopic (exact) mass is 201 g/mol. The van der Waals surface area contributed by atoms with Gasteiger partial charge in [0.2, 0.25) is 0 Å². The normalized spacial score (nSPS) is 10.3. The molecule has 0 atom stereocenters. The summed E-state index contributed by atoms with van der Waals surface area (Å²) in [4.78, 5) is 11.0. The van der Waals surface area contributed by atoms with Crippen LogP contribution in [0.3, 0.4) is 0 Å². The van der Waals surface area contributed by atoms with Gasteiger partial charge in [0, 0.05) is 11.3 Å². The molecule has 0 heterocycles. The molecule has 0 aliphatic carbocycles. The average Bonchev–Trinajstić information content (AvgIpc) is 2.16. The maximum atomic E-state index is 12.2. The average molecular weight is 201 g/mol. The third kappa shape index (κ3) is 1.99. The highest BCUT2D eigenvalue weighted by molar-refractivity contribution is 5.95. The Morgan fingerprint density at radius 1 is 1.50 bits per heavy atom. The van der Waals surface area contributed by atoms with Crippen molar-refractivity contribution in [2.45, 2.75) is 6.43 Å². The maximum absolute atomic E-state index is 12.2. The Labute approximate surface area is 79.5 Å². The summed E-state index contributed by atoms with van der Waals surface area (Å²) in [6, 6.07) is 3.44. The van der Waals surface area contributed by atoms with E-state index in [-0.39, 0.29) is 16.8 Å². The highest BCUT2D eigenvalue weighted by Crippen LogP contribution is 2.23. The van der Waals surface area contributed by atoms with Crippen LogP contribution in [0.4, 0.5) is 14.5 Å². The van der Waals surface area contributed by atoms with Gasteiger partial charge >= 0.3 is 5.97 Å². The molecule has 0 bridgehead atoms. The van der Waals surface area contributed by atoms with Gasteiger partial charge in [0.05, 0.1) is 12.7 Å². The minimum Gasteiger partial charge on any atom is -0.465 e. The van der Waals surface area contributed by atoms with Crippen molar-refractivity contribution in [1.82, 2.24) is 0 Å². The molecule has 0 saturated carbocycles. The van der Waals surface area contributed by atoms with E-state index in [1.807, 2.05) is 0 Å². The lowest BCUT2D eigenvalue weighted by Crippen LogP contribution is -2.06. The van der Waals surface area contributed by atoms with E-state index in [1.165, 1.54) is 13.2 Å². The fourth-order valence-corrected chi connectivity index (χ4v) is 1.01. The minimum atomic E-state index is -2.59. The highest BCUT2D eigenvalue weighted by atomic mass is 19.3. The summed E-state index contributed by atoms with van der Waals surface area (Å²) >= 11 is 0. The number of alkyl halides is 2. The Balaban J connectivity index is 3.07. The molecule has 5 heteroatoms. The van der Waals surface area contributed by atoms with Crippen molar-refractivity contribution in [3.05, 3.63) is 29.3 Å². The topological polar surface area (TPSA) is 52.3 Å². The number of halogens is 2. The van der Waals surface area contributed by atoms with Gasteiger partial charge in [0.15, 0.2) is 0 Å². The third-order valence-electron chi connectivity index (χ3n) is 1.73. The predicted molar refractivity (Wildman–Crippen MR) is 47.2 cm³/mol. The predicted octanol–water partition coefficient (Wildman–Crippen LogP) is 1.99. The smallest absolute Gasteiger partial charge is 0.339 e. The van der Waals surface area contributed by atoms with Gasteiger partial charge in [0.1, 0.15) is 0 Å². The molecular formula is C9H9F2NO2. The lowest BCUT2D eigenvalue weighted by atomic mass is 10.1. The van der Waals surface area contributed by atoms with E-state index in [9.17, 15) is 13.6 Å². The summed E-state index contributed by atoms with van der Waals surface area (Å²) in [6.45, 7) is 0. The molecule has 0 radical (unpaired) electrons. The number of benzene rings is 1. The number of methoxy groups -OCH3 is 1. The van der Waals surface area contributed by atoms with Crippen molar-refractivity contribution in [1.29, 1.82) is 0 Å². The summed E-state index contributed by atoms with van der Waals surface area (Å²) in [5, 5.41) is 0. The number of rotatable bonds is 2. The number of hydrogen-bond acceptors (Lipinski definition) is 3. The molecule has 0 saturated heterocycles. The van der Waals surface area contributed by atoms with Crippen molar-refractivity contribution in [3.8, 4) is 0 Å². The van der Waals surface area contributed by atoms with E-state index in [4.69, 9.17) is 5.73 Å². The molecule has 3 nitrogen and oxygen atoms in total. The van der Waals surface area contributed by atoms with Crippen molar-refractivity contribution >= 4 is 11.7 Å². The fraction of sp³-hybridized carbons (Fsp3) is 0.222. The van der Waals surface area contributed by atoms with E-state index in [0.717, 1.165) is 12.1 Å². The van der Waals surface area contributed by atoms with Crippen molar-refractivity contribution in [2.75, 3.05) is 12.8 Å². The van der Waals surface area contributed by atoms with Crippen LogP contribution in [0.2, 0.25) is 0 Å². The number of esters is 1. The van der Waals surface area contributed by atoms with Gasteiger partial charge in [-0.05, 0) is 12.1 Å². The number of carbonyl (C=O) groups excluding carboxylic acids is 1. The number of carbonyl (C=O) groups is 1. The van der Waals surface area contributed by atoms with Crippen LogP contribution in [-0.4, -0.2) is 13.1 Å². The Kier molecular flexibility index (Phi) is 3.01. The van der Waals surface area contributed by atoms with Gasteiger partial charge in [-0.2, -0.15) is 0 Å². The van der Waals surface area contributed by atoms with Crippen molar-refractivity contribution in [2.24, 2.45) is 0 Å². The first-order valence-corrected chi connectivity index (χ1v) is 3.82. The Morgan fingerprint density at radius 3 is 2.57 bits per heavy atom. The quantitative estimate of drug-likeness (QED) is 0.588. The van der Waals surface area contributed by atoms with Crippen LogP contribution in [0.15, 0.2) is 18.2 Å². The summed E-state index contributed by atoms with van der Waals surface area (Å²) in [5.74, 6) is -0.636. The molecule has 0 aromatic heterocycles. The largest absolute Gasteiger partial charge is 0.465 e. The van der Waals surface area contributed by atoms with Crippen LogP contribution in [0.5, 0.6) is 0 Å². The second-order valence-electron chi connectivity index (χ2n) is 2.64. The standard InChI is InChI=1S/C9H9F2NO2/c1-14-9(13)6-3-2-5(8(10)11)4-7(6)12/h2-4,8H,12H2,1H3. The molecule has 76 valence electrons. The lowest BCUT2D eigenvalue weighted by Gasteiger charge is -2.05.